The second-order valence-electron chi connectivity index (χ2n) is 5.24. The summed E-state index contributed by atoms with van der Waals surface area (Å²) in [5.41, 5.74) is 2.37. The molecule has 1 N–H and O–H groups in total. The third kappa shape index (κ3) is 4.30. The van der Waals surface area contributed by atoms with E-state index in [1.54, 1.807) is 0 Å². The summed E-state index contributed by atoms with van der Waals surface area (Å²) in [5.74, 6) is 0.952. The molecule has 1 aromatic heterocycles. The molecule has 1 heterocycles. The Bertz CT molecular complexity index is 361. The third-order valence-corrected chi connectivity index (χ3v) is 3.34. The Kier molecular flexibility index (Phi) is 5.00. The van der Waals surface area contributed by atoms with E-state index in [0.717, 1.165) is 19.0 Å². The van der Waals surface area contributed by atoms with E-state index in [0.29, 0.717) is 0 Å². The highest BCUT2D eigenvalue weighted by Gasteiger charge is 2.24. The molecule has 0 spiro atoms. The summed E-state index contributed by atoms with van der Waals surface area (Å²) in [4.78, 5) is 7.04. The second kappa shape index (κ2) is 6.74. The van der Waals surface area contributed by atoms with Crippen molar-refractivity contribution >= 4 is 5.69 Å². The van der Waals surface area contributed by atoms with E-state index < -0.39 is 0 Å². The zero-order valence-corrected chi connectivity index (χ0v) is 11.7. The fourth-order valence-electron chi connectivity index (χ4n) is 2.32. The molecule has 0 aromatic carbocycles. The molecule has 0 aliphatic heterocycles. The highest BCUT2D eigenvalue weighted by atomic mass is 15.1. The number of anilines is 1. The van der Waals surface area contributed by atoms with Gasteiger partial charge in [0, 0.05) is 31.5 Å². The average molecular weight is 247 g/mol. The van der Waals surface area contributed by atoms with Crippen LogP contribution in [0, 0.1) is 5.92 Å². The molecule has 0 unspecified atom stereocenters. The SMILES string of the molecule is CCCN(Cc1cc(NCC)ccn1)CC1CC1. The van der Waals surface area contributed by atoms with Crippen molar-refractivity contribution in [3.63, 3.8) is 0 Å². The summed E-state index contributed by atoms with van der Waals surface area (Å²) in [7, 11) is 0. The first-order valence-corrected chi connectivity index (χ1v) is 7.23. The van der Waals surface area contributed by atoms with Gasteiger partial charge in [0.2, 0.25) is 0 Å². The van der Waals surface area contributed by atoms with E-state index in [-0.39, 0.29) is 0 Å². The lowest BCUT2D eigenvalue weighted by molar-refractivity contribution is 0.252. The minimum absolute atomic E-state index is 0.952. The normalized spacial score (nSPS) is 15.1. The molecular formula is C15H25N3. The van der Waals surface area contributed by atoms with Crippen LogP contribution in [-0.4, -0.2) is 29.5 Å². The van der Waals surface area contributed by atoms with Crippen molar-refractivity contribution in [1.29, 1.82) is 0 Å². The first-order valence-electron chi connectivity index (χ1n) is 7.23. The Balaban J connectivity index is 1.93. The van der Waals surface area contributed by atoms with Crippen molar-refractivity contribution in [3.05, 3.63) is 24.0 Å². The third-order valence-electron chi connectivity index (χ3n) is 3.34. The molecule has 0 saturated heterocycles. The Hall–Kier alpha value is -1.09. The fraction of sp³-hybridized carbons (Fsp3) is 0.667. The standard InChI is InChI=1S/C15H25N3/c1-3-9-18(11-13-5-6-13)12-15-10-14(16-4-2)7-8-17-15/h7-8,10,13H,3-6,9,11-12H2,1-2H3,(H,16,17). The summed E-state index contributed by atoms with van der Waals surface area (Å²) in [6.45, 7) is 8.76. The van der Waals surface area contributed by atoms with Crippen molar-refractivity contribution < 1.29 is 0 Å². The van der Waals surface area contributed by atoms with E-state index in [9.17, 15) is 0 Å². The number of pyridine rings is 1. The minimum Gasteiger partial charge on any atom is -0.385 e. The van der Waals surface area contributed by atoms with Gasteiger partial charge in [-0.3, -0.25) is 9.88 Å². The van der Waals surface area contributed by atoms with Crippen LogP contribution in [0.5, 0.6) is 0 Å². The number of rotatable bonds is 8. The van der Waals surface area contributed by atoms with Crippen LogP contribution in [0.3, 0.4) is 0 Å². The number of aromatic nitrogens is 1. The van der Waals surface area contributed by atoms with Crippen LogP contribution in [-0.2, 0) is 6.54 Å². The van der Waals surface area contributed by atoms with Gasteiger partial charge < -0.3 is 5.32 Å². The fourth-order valence-corrected chi connectivity index (χ4v) is 2.32. The lowest BCUT2D eigenvalue weighted by Crippen LogP contribution is -2.26. The molecule has 3 nitrogen and oxygen atoms in total. The maximum atomic E-state index is 4.49. The topological polar surface area (TPSA) is 28.2 Å². The average Bonchev–Trinajstić information content (AvgIpc) is 3.14. The van der Waals surface area contributed by atoms with Crippen LogP contribution in [0.1, 0.15) is 38.8 Å². The summed E-state index contributed by atoms with van der Waals surface area (Å²) in [6, 6.07) is 4.22. The molecule has 1 aliphatic carbocycles. The second-order valence-corrected chi connectivity index (χ2v) is 5.24. The largest absolute Gasteiger partial charge is 0.385 e. The molecule has 1 aromatic rings. The van der Waals surface area contributed by atoms with Gasteiger partial charge in [-0.2, -0.15) is 0 Å². The Morgan fingerprint density at radius 3 is 2.89 bits per heavy atom. The molecule has 0 atom stereocenters. The van der Waals surface area contributed by atoms with Crippen LogP contribution >= 0.6 is 0 Å². The predicted octanol–water partition coefficient (Wildman–Crippen LogP) is 3.14. The molecule has 1 saturated carbocycles. The molecule has 1 fully saturated rings. The van der Waals surface area contributed by atoms with Gasteiger partial charge >= 0.3 is 0 Å². The molecule has 0 radical (unpaired) electrons. The Morgan fingerprint density at radius 2 is 2.22 bits per heavy atom. The van der Waals surface area contributed by atoms with E-state index in [1.807, 2.05) is 12.3 Å². The van der Waals surface area contributed by atoms with Crippen molar-refractivity contribution in [2.45, 2.75) is 39.7 Å². The molecule has 0 bridgehead atoms. The number of hydrogen-bond donors (Lipinski definition) is 1. The Morgan fingerprint density at radius 1 is 1.39 bits per heavy atom. The van der Waals surface area contributed by atoms with Crippen molar-refractivity contribution in [1.82, 2.24) is 9.88 Å². The van der Waals surface area contributed by atoms with Crippen molar-refractivity contribution in [2.24, 2.45) is 5.92 Å². The monoisotopic (exact) mass is 247 g/mol. The predicted molar refractivity (Wildman–Crippen MR) is 76.7 cm³/mol. The highest BCUT2D eigenvalue weighted by Crippen LogP contribution is 2.30. The van der Waals surface area contributed by atoms with Crippen molar-refractivity contribution in [2.75, 3.05) is 25.0 Å². The van der Waals surface area contributed by atoms with E-state index >= 15 is 0 Å². The molecular weight excluding hydrogens is 222 g/mol. The van der Waals surface area contributed by atoms with Gasteiger partial charge in [0.15, 0.2) is 0 Å². The van der Waals surface area contributed by atoms with Gasteiger partial charge in [-0.15, -0.1) is 0 Å². The number of nitrogens with one attached hydrogen (secondary N) is 1. The van der Waals surface area contributed by atoms with E-state index in [2.05, 4.69) is 35.1 Å². The van der Waals surface area contributed by atoms with Gasteiger partial charge in [-0.05, 0) is 50.8 Å². The van der Waals surface area contributed by atoms with Crippen LogP contribution in [0.2, 0.25) is 0 Å². The van der Waals surface area contributed by atoms with E-state index in [1.165, 1.54) is 43.7 Å². The van der Waals surface area contributed by atoms with Crippen LogP contribution < -0.4 is 5.32 Å². The quantitative estimate of drug-likeness (QED) is 0.765. The lowest BCUT2D eigenvalue weighted by atomic mass is 10.2. The zero-order valence-electron chi connectivity index (χ0n) is 11.7. The Labute approximate surface area is 111 Å². The van der Waals surface area contributed by atoms with Crippen LogP contribution in [0.4, 0.5) is 5.69 Å². The first-order chi connectivity index (χ1) is 8.81. The molecule has 2 rings (SSSR count). The first kappa shape index (κ1) is 13.3. The summed E-state index contributed by atoms with van der Waals surface area (Å²) < 4.78 is 0. The van der Waals surface area contributed by atoms with Gasteiger partial charge in [-0.25, -0.2) is 0 Å². The lowest BCUT2D eigenvalue weighted by Gasteiger charge is -2.21. The van der Waals surface area contributed by atoms with Gasteiger partial charge in [-0.1, -0.05) is 6.92 Å². The maximum absolute atomic E-state index is 4.49. The minimum atomic E-state index is 0.952. The molecule has 100 valence electrons. The smallest absolute Gasteiger partial charge is 0.0564 e. The number of hydrogen-bond acceptors (Lipinski definition) is 3. The highest BCUT2D eigenvalue weighted by molar-refractivity contribution is 5.42. The summed E-state index contributed by atoms with van der Waals surface area (Å²) in [5, 5.41) is 3.35. The molecule has 0 amide bonds. The molecule has 3 heteroatoms. The van der Waals surface area contributed by atoms with Gasteiger partial charge in [0.25, 0.3) is 0 Å². The molecule has 1 aliphatic rings. The van der Waals surface area contributed by atoms with Crippen LogP contribution in [0.15, 0.2) is 18.3 Å². The molecule has 18 heavy (non-hydrogen) atoms. The maximum Gasteiger partial charge on any atom is 0.0564 e. The number of nitrogens with zero attached hydrogens (tertiary/aromatic N) is 2. The van der Waals surface area contributed by atoms with Gasteiger partial charge in [0.1, 0.15) is 0 Å². The zero-order chi connectivity index (χ0) is 12.8. The van der Waals surface area contributed by atoms with Crippen LogP contribution in [0.25, 0.3) is 0 Å². The summed E-state index contributed by atoms with van der Waals surface area (Å²) in [6.07, 6.45) is 5.98. The van der Waals surface area contributed by atoms with E-state index in [4.69, 9.17) is 0 Å². The summed E-state index contributed by atoms with van der Waals surface area (Å²) >= 11 is 0. The van der Waals surface area contributed by atoms with Crippen molar-refractivity contribution in [3.8, 4) is 0 Å². The van der Waals surface area contributed by atoms with Gasteiger partial charge in [0.05, 0.1) is 5.69 Å².